The molecule has 0 aliphatic rings. The van der Waals surface area contributed by atoms with E-state index in [0.29, 0.717) is 0 Å². The van der Waals surface area contributed by atoms with Gasteiger partial charge in [-0.15, -0.1) is 0 Å². The van der Waals surface area contributed by atoms with Crippen LogP contribution >= 0.6 is 0 Å². The van der Waals surface area contributed by atoms with E-state index in [1.807, 2.05) is 0 Å². The summed E-state index contributed by atoms with van der Waals surface area (Å²) in [6.45, 7) is -0.745. The lowest BCUT2D eigenvalue weighted by Gasteiger charge is -2.10. The van der Waals surface area contributed by atoms with Crippen LogP contribution in [0, 0.1) is 0 Å². The molecule has 0 aromatic heterocycles. The highest BCUT2D eigenvalue weighted by molar-refractivity contribution is 5.81. The van der Waals surface area contributed by atoms with Gasteiger partial charge in [-0.2, -0.15) is 13.2 Å². The van der Waals surface area contributed by atoms with Gasteiger partial charge in [-0.05, 0) is 0 Å². The van der Waals surface area contributed by atoms with E-state index in [2.05, 4.69) is 0 Å². The summed E-state index contributed by atoms with van der Waals surface area (Å²) in [5.74, 6) is -3.57. The van der Waals surface area contributed by atoms with E-state index in [0.717, 1.165) is 0 Å². The summed E-state index contributed by atoms with van der Waals surface area (Å²) in [4.78, 5) is 20.1. The summed E-state index contributed by atoms with van der Waals surface area (Å²) in [5, 5.41) is 18.2. The van der Waals surface area contributed by atoms with E-state index in [9.17, 15) is 22.8 Å². The second kappa shape index (κ2) is 4.80. The van der Waals surface area contributed by atoms with Gasteiger partial charge in [-0.25, -0.2) is 0 Å². The van der Waals surface area contributed by atoms with Crippen LogP contribution < -0.4 is 5.32 Å². The zero-order valence-corrected chi connectivity index (χ0v) is 6.84. The molecule has 3 N–H and O–H groups in total. The molecule has 0 saturated carbocycles. The summed E-state index contributed by atoms with van der Waals surface area (Å²) in [7, 11) is 0. The van der Waals surface area contributed by atoms with Crippen LogP contribution in [0.2, 0.25) is 0 Å². The molecule has 82 valence electrons. The molecular weight excluding hydrogens is 207 g/mol. The fourth-order valence-electron chi connectivity index (χ4n) is 0.584. The largest absolute Gasteiger partial charge is 0.481 e. The average molecular weight is 215 g/mol. The number of aliphatic carboxylic acids is 1. The van der Waals surface area contributed by atoms with Crippen molar-refractivity contribution in [2.75, 3.05) is 6.54 Å². The molecule has 8 heteroatoms. The van der Waals surface area contributed by atoms with Crippen molar-refractivity contribution in [3.63, 3.8) is 0 Å². The normalized spacial score (nSPS) is 13.4. The third kappa shape index (κ3) is 5.36. The fraction of sp³-hybridized carbons (Fsp3) is 0.667. The third-order valence-electron chi connectivity index (χ3n) is 1.17. The molecule has 1 amide bonds. The summed E-state index contributed by atoms with van der Waals surface area (Å²) in [5.41, 5.74) is 0. The Hall–Kier alpha value is -1.31. The maximum atomic E-state index is 11.6. The van der Waals surface area contributed by atoms with Gasteiger partial charge in [0.05, 0.1) is 12.5 Å². The highest BCUT2D eigenvalue weighted by Crippen LogP contribution is 2.13. The Balaban J connectivity index is 3.84. The predicted octanol–water partition coefficient (Wildman–Crippen LogP) is -0.499. The number of hydrogen-bond donors (Lipinski definition) is 3. The number of carboxylic acid groups (broad SMARTS) is 1. The number of amides is 1. The molecule has 0 heterocycles. The van der Waals surface area contributed by atoms with Crippen LogP contribution in [-0.2, 0) is 9.59 Å². The molecule has 0 fully saturated rings. The molecule has 0 saturated heterocycles. The molecule has 0 aromatic rings. The van der Waals surface area contributed by atoms with Crippen LogP contribution in [0.5, 0.6) is 0 Å². The van der Waals surface area contributed by atoms with Gasteiger partial charge >= 0.3 is 18.1 Å². The van der Waals surface area contributed by atoms with Crippen LogP contribution in [0.1, 0.15) is 6.42 Å². The standard InChI is InChI=1S/C6H8F3NO4/c7-6(8,9)5(14)10-2-3(11)1-4(12)13/h3,11H,1-2H2,(H,10,14)(H,12,13). The summed E-state index contributed by atoms with van der Waals surface area (Å²) >= 11 is 0. The quantitative estimate of drug-likeness (QED) is 0.590. The molecule has 1 unspecified atom stereocenters. The Bertz CT molecular complexity index is 228. The maximum Gasteiger partial charge on any atom is 0.471 e. The molecule has 5 nitrogen and oxygen atoms in total. The van der Waals surface area contributed by atoms with Crippen molar-refractivity contribution in [2.24, 2.45) is 0 Å². The second-order valence-corrected chi connectivity index (χ2v) is 2.46. The van der Waals surface area contributed by atoms with E-state index in [-0.39, 0.29) is 0 Å². The van der Waals surface area contributed by atoms with E-state index in [1.54, 1.807) is 0 Å². The summed E-state index contributed by atoms with van der Waals surface area (Å²) in [6, 6.07) is 0. The first kappa shape index (κ1) is 12.7. The third-order valence-corrected chi connectivity index (χ3v) is 1.17. The molecule has 0 bridgehead atoms. The van der Waals surface area contributed by atoms with E-state index in [1.165, 1.54) is 5.32 Å². The zero-order valence-electron chi connectivity index (χ0n) is 6.84. The van der Waals surface area contributed by atoms with Crippen LogP contribution in [0.3, 0.4) is 0 Å². The van der Waals surface area contributed by atoms with Crippen LogP contribution in [0.25, 0.3) is 0 Å². The molecule has 0 radical (unpaired) electrons. The number of carbonyl (C=O) groups excluding carboxylic acids is 1. The maximum absolute atomic E-state index is 11.6. The lowest BCUT2D eigenvalue weighted by molar-refractivity contribution is -0.174. The number of carbonyl (C=O) groups is 2. The van der Waals surface area contributed by atoms with Gasteiger partial charge < -0.3 is 15.5 Å². The van der Waals surface area contributed by atoms with Crippen molar-refractivity contribution in [1.29, 1.82) is 0 Å². The van der Waals surface area contributed by atoms with Crippen LogP contribution in [0.4, 0.5) is 13.2 Å². The number of nitrogens with one attached hydrogen (secondary N) is 1. The molecule has 0 rings (SSSR count). The first-order chi connectivity index (χ1) is 6.23. The Morgan fingerprint density at radius 1 is 1.36 bits per heavy atom. The van der Waals surface area contributed by atoms with Gasteiger partial charge in [-0.3, -0.25) is 9.59 Å². The number of rotatable bonds is 4. The summed E-state index contributed by atoms with van der Waals surface area (Å²) < 4.78 is 34.7. The van der Waals surface area contributed by atoms with Gasteiger partial charge in [0, 0.05) is 6.54 Å². The SMILES string of the molecule is O=C(O)CC(O)CNC(=O)C(F)(F)F. The summed E-state index contributed by atoms with van der Waals surface area (Å²) in [6.07, 6.45) is -7.28. The Morgan fingerprint density at radius 2 is 1.86 bits per heavy atom. The Kier molecular flexibility index (Phi) is 4.35. The highest BCUT2D eigenvalue weighted by Gasteiger charge is 2.38. The minimum absolute atomic E-state index is 0.724. The smallest absolute Gasteiger partial charge is 0.471 e. The minimum atomic E-state index is -5.02. The molecule has 0 spiro atoms. The second-order valence-electron chi connectivity index (χ2n) is 2.46. The van der Waals surface area contributed by atoms with Gasteiger partial charge in [0.15, 0.2) is 0 Å². The number of aliphatic hydroxyl groups excluding tert-OH is 1. The van der Waals surface area contributed by atoms with Crippen molar-refractivity contribution < 1.29 is 33.0 Å². The fourth-order valence-corrected chi connectivity index (χ4v) is 0.584. The predicted molar refractivity (Wildman–Crippen MR) is 37.3 cm³/mol. The van der Waals surface area contributed by atoms with Crippen molar-refractivity contribution >= 4 is 11.9 Å². The average Bonchev–Trinajstić information content (AvgIpc) is 1.96. The zero-order chi connectivity index (χ0) is 11.4. The monoisotopic (exact) mass is 215 g/mol. The van der Waals surface area contributed by atoms with Crippen molar-refractivity contribution in [1.82, 2.24) is 5.32 Å². The van der Waals surface area contributed by atoms with E-state index in [4.69, 9.17) is 10.2 Å². The number of alkyl halides is 3. The van der Waals surface area contributed by atoms with Crippen molar-refractivity contribution in [3.8, 4) is 0 Å². The molecule has 14 heavy (non-hydrogen) atoms. The minimum Gasteiger partial charge on any atom is -0.481 e. The number of hydrogen-bond acceptors (Lipinski definition) is 3. The van der Waals surface area contributed by atoms with Gasteiger partial charge in [-0.1, -0.05) is 0 Å². The number of aliphatic hydroxyl groups is 1. The first-order valence-electron chi connectivity index (χ1n) is 3.48. The van der Waals surface area contributed by atoms with Gasteiger partial charge in [0.2, 0.25) is 0 Å². The van der Waals surface area contributed by atoms with E-state index >= 15 is 0 Å². The van der Waals surface area contributed by atoms with Crippen molar-refractivity contribution in [2.45, 2.75) is 18.7 Å². The molecular formula is C6H8F3NO4. The van der Waals surface area contributed by atoms with Crippen molar-refractivity contribution in [3.05, 3.63) is 0 Å². The van der Waals surface area contributed by atoms with Crippen LogP contribution in [0.15, 0.2) is 0 Å². The number of halogens is 3. The lowest BCUT2D eigenvalue weighted by Crippen LogP contribution is -2.41. The van der Waals surface area contributed by atoms with E-state index < -0.39 is 37.1 Å². The topological polar surface area (TPSA) is 86.6 Å². The highest BCUT2D eigenvalue weighted by atomic mass is 19.4. The first-order valence-corrected chi connectivity index (χ1v) is 3.48. The van der Waals surface area contributed by atoms with Crippen LogP contribution in [-0.4, -0.2) is 40.9 Å². The molecule has 0 aromatic carbocycles. The molecule has 0 aliphatic heterocycles. The molecule has 1 atom stereocenters. The molecule has 0 aliphatic carbocycles. The van der Waals surface area contributed by atoms with Gasteiger partial charge in [0.1, 0.15) is 0 Å². The number of carboxylic acids is 1. The Morgan fingerprint density at radius 3 is 2.21 bits per heavy atom. The van der Waals surface area contributed by atoms with Gasteiger partial charge in [0.25, 0.3) is 0 Å². The lowest BCUT2D eigenvalue weighted by atomic mass is 10.2. The Labute approximate surface area is 76.5 Å².